The van der Waals surface area contributed by atoms with E-state index >= 15 is 0 Å². The molecule has 2 fully saturated rings. The highest BCUT2D eigenvalue weighted by Crippen LogP contribution is 2.56. The van der Waals surface area contributed by atoms with Gasteiger partial charge >= 0.3 is 0 Å². The van der Waals surface area contributed by atoms with Crippen molar-refractivity contribution in [2.24, 2.45) is 5.41 Å². The van der Waals surface area contributed by atoms with Crippen molar-refractivity contribution in [1.82, 2.24) is 0 Å². The van der Waals surface area contributed by atoms with E-state index in [0.717, 1.165) is 6.61 Å². The number of rotatable bonds is 2. The zero-order valence-corrected chi connectivity index (χ0v) is 8.65. The summed E-state index contributed by atoms with van der Waals surface area (Å²) in [4.78, 5) is 0. The number of hydrogen-bond donors (Lipinski definition) is 1. The maximum atomic E-state index is 5.74. The van der Waals surface area contributed by atoms with Crippen molar-refractivity contribution >= 4 is 12.6 Å². The van der Waals surface area contributed by atoms with Gasteiger partial charge in [-0.05, 0) is 26.2 Å². The molecule has 0 amide bonds. The molecular weight excluding hydrogens is 168 g/mol. The van der Waals surface area contributed by atoms with Gasteiger partial charge in [0.25, 0.3) is 0 Å². The number of ether oxygens (including phenoxy) is 1. The van der Waals surface area contributed by atoms with Crippen LogP contribution in [0.5, 0.6) is 0 Å². The first kappa shape index (κ1) is 8.89. The van der Waals surface area contributed by atoms with Crippen LogP contribution in [0.25, 0.3) is 0 Å². The topological polar surface area (TPSA) is 9.23 Å². The summed E-state index contributed by atoms with van der Waals surface area (Å²) in [6.07, 6.45) is 7.20. The Balaban J connectivity index is 2.00. The van der Waals surface area contributed by atoms with Crippen molar-refractivity contribution in [3.8, 4) is 0 Å². The number of thiol groups is 1. The Morgan fingerprint density at radius 2 is 2.08 bits per heavy atom. The van der Waals surface area contributed by atoms with Crippen molar-refractivity contribution in [1.29, 1.82) is 0 Å². The molecule has 2 unspecified atom stereocenters. The van der Waals surface area contributed by atoms with Crippen molar-refractivity contribution in [2.75, 3.05) is 6.61 Å². The monoisotopic (exact) mass is 186 g/mol. The standard InChI is InChI=1S/C10H18OS/c1-2-11-8-7-9(12)10(8)5-3-4-6-10/h8-9,12H,2-7H2,1H3. The van der Waals surface area contributed by atoms with Crippen molar-refractivity contribution in [2.45, 2.75) is 50.4 Å². The molecule has 0 aromatic heterocycles. The molecule has 0 aromatic rings. The van der Waals surface area contributed by atoms with Crippen LogP contribution < -0.4 is 0 Å². The SMILES string of the molecule is CCOC1CC(S)C12CCCC2. The molecule has 0 saturated heterocycles. The lowest BCUT2D eigenvalue weighted by molar-refractivity contribution is -0.0975. The third kappa shape index (κ3) is 1.12. The maximum absolute atomic E-state index is 5.74. The van der Waals surface area contributed by atoms with Crippen LogP contribution in [0.15, 0.2) is 0 Å². The largest absolute Gasteiger partial charge is 0.378 e. The zero-order valence-electron chi connectivity index (χ0n) is 7.75. The summed E-state index contributed by atoms with van der Waals surface area (Å²) in [5, 5.41) is 0.622. The van der Waals surface area contributed by atoms with Crippen LogP contribution in [0.2, 0.25) is 0 Å². The summed E-state index contributed by atoms with van der Waals surface area (Å²) in [7, 11) is 0. The molecule has 12 heavy (non-hydrogen) atoms. The van der Waals surface area contributed by atoms with Gasteiger partial charge < -0.3 is 4.74 Å². The Bertz CT molecular complexity index is 161. The predicted octanol–water partition coefficient (Wildman–Crippen LogP) is 2.65. The molecule has 2 saturated carbocycles. The van der Waals surface area contributed by atoms with Crippen LogP contribution in [-0.2, 0) is 4.74 Å². The van der Waals surface area contributed by atoms with Gasteiger partial charge in [-0.25, -0.2) is 0 Å². The predicted molar refractivity (Wildman–Crippen MR) is 53.7 cm³/mol. The molecule has 0 bridgehead atoms. The lowest BCUT2D eigenvalue weighted by Crippen LogP contribution is -2.54. The summed E-state index contributed by atoms with van der Waals surface area (Å²) < 4.78 is 5.74. The second-order valence-corrected chi connectivity index (χ2v) is 4.76. The van der Waals surface area contributed by atoms with Gasteiger partial charge in [-0.3, -0.25) is 0 Å². The lowest BCUT2D eigenvalue weighted by Gasteiger charge is -2.52. The second kappa shape index (κ2) is 3.22. The van der Waals surface area contributed by atoms with Crippen molar-refractivity contribution < 1.29 is 4.74 Å². The molecule has 0 aliphatic heterocycles. The summed E-state index contributed by atoms with van der Waals surface area (Å²) in [6.45, 7) is 2.96. The Labute approximate surface area is 80.3 Å². The summed E-state index contributed by atoms with van der Waals surface area (Å²) in [5.41, 5.74) is 0.485. The van der Waals surface area contributed by atoms with E-state index in [1.165, 1.54) is 32.1 Å². The molecule has 2 aliphatic carbocycles. The van der Waals surface area contributed by atoms with E-state index < -0.39 is 0 Å². The van der Waals surface area contributed by atoms with Gasteiger partial charge in [-0.2, -0.15) is 12.6 Å². The van der Waals surface area contributed by atoms with E-state index in [2.05, 4.69) is 19.6 Å². The first-order valence-corrected chi connectivity index (χ1v) is 5.61. The average molecular weight is 186 g/mol. The smallest absolute Gasteiger partial charge is 0.0652 e. The summed E-state index contributed by atoms with van der Waals surface area (Å²) >= 11 is 4.64. The van der Waals surface area contributed by atoms with E-state index in [0.29, 0.717) is 16.8 Å². The van der Waals surface area contributed by atoms with E-state index in [1.807, 2.05) is 0 Å². The van der Waals surface area contributed by atoms with Crippen molar-refractivity contribution in [3.05, 3.63) is 0 Å². The molecular formula is C10H18OS. The van der Waals surface area contributed by atoms with Gasteiger partial charge in [-0.15, -0.1) is 0 Å². The van der Waals surface area contributed by atoms with Gasteiger partial charge in [0.05, 0.1) is 6.10 Å². The fourth-order valence-corrected chi connectivity index (χ4v) is 3.47. The van der Waals surface area contributed by atoms with E-state index in [1.54, 1.807) is 0 Å². The fourth-order valence-electron chi connectivity index (χ4n) is 2.85. The first-order valence-electron chi connectivity index (χ1n) is 5.09. The number of hydrogen-bond acceptors (Lipinski definition) is 2. The molecule has 0 radical (unpaired) electrons. The third-order valence-electron chi connectivity index (χ3n) is 3.64. The van der Waals surface area contributed by atoms with Gasteiger partial charge in [0.15, 0.2) is 0 Å². The Morgan fingerprint density at radius 3 is 2.58 bits per heavy atom. The highest BCUT2D eigenvalue weighted by molar-refractivity contribution is 7.81. The average Bonchev–Trinajstić information content (AvgIpc) is 2.55. The maximum Gasteiger partial charge on any atom is 0.0652 e. The zero-order chi connectivity index (χ0) is 8.60. The van der Waals surface area contributed by atoms with Crippen LogP contribution in [0.1, 0.15) is 39.0 Å². The molecule has 70 valence electrons. The van der Waals surface area contributed by atoms with E-state index in [4.69, 9.17) is 4.74 Å². The van der Waals surface area contributed by atoms with Gasteiger partial charge in [0, 0.05) is 17.3 Å². The Kier molecular flexibility index (Phi) is 2.39. The third-order valence-corrected chi connectivity index (χ3v) is 4.37. The van der Waals surface area contributed by atoms with E-state index in [-0.39, 0.29) is 0 Å². The Morgan fingerprint density at radius 1 is 1.42 bits per heavy atom. The minimum Gasteiger partial charge on any atom is -0.378 e. The molecule has 0 N–H and O–H groups in total. The van der Waals surface area contributed by atoms with Gasteiger partial charge in [0.1, 0.15) is 0 Å². The minimum atomic E-state index is 0.485. The molecule has 0 aromatic carbocycles. The lowest BCUT2D eigenvalue weighted by atomic mass is 9.64. The molecule has 2 rings (SSSR count). The molecule has 2 atom stereocenters. The van der Waals surface area contributed by atoms with Crippen LogP contribution in [0, 0.1) is 5.41 Å². The Hall–Kier alpha value is 0.310. The molecule has 1 nitrogen and oxygen atoms in total. The highest BCUT2D eigenvalue weighted by Gasteiger charge is 2.54. The molecule has 2 heteroatoms. The highest BCUT2D eigenvalue weighted by atomic mass is 32.1. The normalized spacial score (nSPS) is 38.5. The van der Waals surface area contributed by atoms with Gasteiger partial charge in [-0.1, -0.05) is 12.8 Å². The summed E-state index contributed by atoms with van der Waals surface area (Å²) in [5.74, 6) is 0. The quantitative estimate of drug-likeness (QED) is 0.652. The van der Waals surface area contributed by atoms with Crippen LogP contribution in [0.3, 0.4) is 0 Å². The van der Waals surface area contributed by atoms with Crippen LogP contribution in [-0.4, -0.2) is 18.0 Å². The molecule has 0 heterocycles. The van der Waals surface area contributed by atoms with Gasteiger partial charge in [0.2, 0.25) is 0 Å². The first-order chi connectivity index (χ1) is 5.79. The van der Waals surface area contributed by atoms with E-state index in [9.17, 15) is 0 Å². The molecule has 2 aliphatic rings. The summed E-state index contributed by atoms with van der Waals surface area (Å²) in [6, 6.07) is 0. The van der Waals surface area contributed by atoms with Crippen molar-refractivity contribution in [3.63, 3.8) is 0 Å². The van der Waals surface area contributed by atoms with Crippen LogP contribution >= 0.6 is 12.6 Å². The van der Waals surface area contributed by atoms with Crippen LogP contribution in [0.4, 0.5) is 0 Å². The second-order valence-electron chi connectivity index (χ2n) is 4.14. The fraction of sp³-hybridized carbons (Fsp3) is 1.00. The molecule has 1 spiro atoms. The minimum absolute atomic E-state index is 0.485.